The van der Waals surface area contributed by atoms with Gasteiger partial charge in [-0.1, -0.05) is 25.1 Å². The largest absolute Gasteiger partial charge is 0.457 e. The molecule has 0 unspecified atom stereocenters. The van der Waals surface area contributed by atoms with E-state index in [0.717, 1.165) is 12.1 Å². The Kier molecular flexibility index (Phi) is 5.84. The van der Waals surface area contributed by atoms with Crippen LogP contribution in [-0.2, 0) is 16.0 Å². The van der Waals surface area contributed by atoms with Crippen molar-refractivity contribution in [3.05, 3.63) is 84.3 Å². The number of benzene rings is 3. The van der Waals surface area contributed by atoms with Crippen LogP contribution in [0.3, 0.4) is 0 Å². The summed E-state index contributed by atoms with van der Waals surface area (Å²) in [4.78, 5) is 3.95. The fourth-order valence-corrected chi connectivity index (χ4v) is 4.36. The number of alkyl halides is 3. The van der Waals surface area contributed by atoms with Gasteiger partial charge in [-0.2, -0.15) is 13.2 Å². The number of aromatic nitrogens is 1. The number of hydrogen-bond acceptors (Lipinski definition) is 4. The van der Waals surface area contributed by atoms with E-state index in [1.54, 1.807) is 6.07 Å². The summed E-state index contributed by atoms with van der Waals surface area (Å²) in [5, 5.41) is 0.138. The fourth-order valence-electron chi connectivity index (χ4n) is 3.45. The SMILES string of the molecule is CCS(=O)(=O)c1cccc(Oc2ccc(F)c(-c3ccnc4c(C(F)(F)F)cccc34)c2)c1. The van der Waals surface area contributed by atoms with Crippen LogP contribution in [0.2, 0.25) is 0 Å². The number of rotatable bonds is 5. The molecule has 0 saturated heterocycles. The Morgan fingerprint density at radius 3 is 2.36 bits per heavy atom. The molecule has 0 fully saturated rings. The van der Waals surface area contributed by atoms with Crippen molar-refractivity contribution in [2.45, 2.75) is 18.0 Å². The van der Waals surface area contributed by atoms with Crippen LogP contribution in [0.1, 0.15) is 12.5 Å². The lowest BCUT2D eigenvalue weighted by atomic mass is 9.98. The first-order valence-corrected chi connectivity index (χ1v) is 11.5. The van der Waals surface area contributed by atoms with Crippen molar-refractivity contribution in [2.75, 3.05) is 5.75 Å². The van der Waals surface area contributed by atoms with E-state index < -0.39 is 27.4 Å². The molecule has 4 rings (SSSR count). The standard InChI is InChI=1S/C24H17F4NO3S/c1-2-33(30,31)17-6-3-5-15(13-17)32-16-9-10-22(25)20(14-16)18-11-12-29-23-19(18)7-4-8-21(23)24(26,27)28/h3-14H,2H2,1H3. The maximum atomic E-state index is 14.7. The first-order chi connectivity index (χ1) is 15.6. The minimum absolute atomic E-state index is 0.0246. The second-order valence-electron chi connectivity index (χ2n) is 7.18. The van der Waals surface area contributed by atoms with E-state index in [1.165, 1.54) is 61.7 Å². The average Bonchev–Trinajstić information content (AvgIpc) is 2.79. The van der Waals surface area contributed by atoms with Gasteiger partial charge in [0.2, 0.25) is 0 Å². The molecular weight excluding hydrogens is 458 g/mol. The molecule has 0 atom stereocenters. The fraction of sp³-hybridized carbons (Fsp3) is 0.125. The second-order valence-corrected chi connectivity index (χ2v) is 9.46. The summed E-state index contributed by atoms with van der Waals surface area (Å²) in [5.74, 6) is -0.323. The molecule has 0 saturated carbocycles. The topological polar surface area (TPSA) is 56.3 Å². The Bertz CT molecular complexity index is 1450. The molecule has 1 heterocycles. The van der Waals surface area contributed by atoms with Gasteiger partial charge < -0.3 is 4.74 Å². The lowest BCUT2D eigenvalue weighted by molar-refractivity contribution is -0.136. The maximum Gasteiger partial charge on any atom is 0.418 e. The summed E-state index contributed by atoms with van der Waals surface area (Å²) >= 11 is 0. The van der Waals surface area contributed by atoms with E-state index in [0.29, 0.717) is 0 Å². The summed E-state index contributed by atoms with van der Waals surface area (Å²) in [5.41, 5.74) is -0.956. The maximum absolute atomic E-state index is 14.7. The van der Waals surface area contributed by atoms with Crippen molar-refractivity contribution < 1.29 is 30.7 Å². The molecule has 0 radical (unpaired) electrons. The van der Waals surface area contributed by atoms with Gasteiger partial charge in [-0.25, -0.2) is 12.8 Å². The van der Waals surface area contributed by atoms with E-state index >= 15 is 0 Å². The van der Waals surface area contributed by atoms with Gasteiger partial charge in [0.1, 0.15) is 17.3 Å². The van der Waals surface area contributed by atoms with Gasteiger partial charge in [-0.05, 0) is 54.1 Å². The molecule has 4 aromatic rings. The zero-order valence-electron chi connectivity index (χ0n) is 17.2. The quantitative estimate of drug-likeness (QED) is 0.304. The van der Waals surface area contributed by atoms with Gasteiger partial charge in [-0.15, -0.1) is 0 Å². The number of pyridine rings is 1. The average molecular weight is 475 g/mol. The molecule has 0 amide bonds. The summed E-state index contributed by atoms with van der Waals surface area (Å²) in [7, 11) is -3.45. The van der Waals surface area contributed by atoms with Crippen LogP contribution in [0, 0.1) is 5.82 Å². The van der Waals surface area contributed by atoms with Crippen molar-refractivity contribution in [1.29, 1.82) is 0 Å². The van der Waals surface area contributed by atoms with Crippen LogP contribution >= 0.6 is 0 Å². The number of nitrogens with zero attached hydrogens (tertiary/aromatic N) is 1. The number of para-hydroxylation sites is 1. The van der Waals surface area contributed by atoms with E-state index in [1.807, 2.05) is 0 Å². The molecule has 0 N–H and O–H groups in total. The third-order valence-corrected chi connectivity index (χ3v) is 6.82. The molecule has 0 aliphatic carbocycles. The van der Waals surface area contributed by atoms with Crippen LogP contribution in [-0.4, -0.2) is 19.2 Å². The highest BCUT2D eigenvalue weighted by Gasteiger charge is 2.33. The minimum atomic E-state index is -4.61. The lowest BCUT2D eigenvalue weighted by Gasteiger charge is -2.14. The molecule has 1 aromatic heterocycles. The Balaban J connectivity index is 1.79. The van der Waals surface area contributed by atoms with Gasteiger partial charge in [-0.3, -0.25) is 4.98 Å². The first kappa shape index (κ1) is 22.7. The number of halogens is 4. The summed E-state index contributed by atoms with van der Waals surface area (Å²) in [6, 6.07) is 14.8. The predicted molar refractivity (Wildman–Crippen MR) is 116 cm³/mol. The molecule has 0 aliphatic rings. The zero-order chi connectivity index (χ0) is 23.8. The lowest BCUT2D eigenvalue weighted by Crippen LogP contribution is -2.06. The minimum Gasteiger partial charge on any atom is -0.457 e. The number of fused-ring (bicyclic) bond motifs is 1. The predicted octanol–water partition coefficient (Wildman–Crippen LogP) is 6.65. The van der Waals surface area contributed by atoms with Gasteiger partial charge in [0.15, 0.2) is 9.84 Å². The molecule has 4 nitrogen and oxygen atoms in total. The van der Waals surface area contributed by atoms with Gasteiger partial charge in [0, 0.05) is 17.1 Å². The van der Waals surface area contributed by atoms with Crippen LogP contribution in [0.4, 0.5) is 17.6 Å². The zero-order valence-corrected chi connectivity index (χ0v) is 18.0. The van der Waals surface area contributed by atoms with Gasteiger partial charge in [0.25, 0.3) is 0 Å². The highest BCUT2D eigenvalue weighted by Crippen LogP contribution is 2.38. The molecule has 9 heteroatoms. The van der Waals surface area contributed by atoms with E-state index in [4.69, 9.17) is 4.74 Å². The third kappa shape index (κ3) is 4.54. The highest BCUT2D eigenvalue weighted by atomic mass is 32.2. The molecule has 0 spiro atoms. The van der Waals surface area contributed by atoms with Crippen LogP contribution in [0.25, 0.3) is 22.0 Å². The monoisotopic (exact) mass is 475 g/mol. The normalized spacial score (nSPS) is 12.2. The molecule has 170 valence electrons. The van der Waals surface area contributed by atoms with Crippen LogP contribution in [0.15, 0.2) is 77.8 Å². The Morgan fingerprint density at radius 1 is 0.909 bits per heavy atom. The van der Waals surface area contributed by atoms with Gasteiger partial charge in [0.05, 0.1) is 21.7 Å². The number of hydrogen-bond donors (Lipinski definition) is 0. The van der Waals surface area contributed by atoms with Gasteiger partial charge >= 0.3 is 6.18 Å². The molecule has 33 heavy (non-hydrogen) atoms. The number of sulfone groups is 1. The van der Waals surface area contributed by atoms with Crippen molar-refractivity contribution in [3.63, 3.8) is 0 Å². The molecule has 0 aliphatic heterocycles. The third-order valence-electron chi connectivity index (χ3n) is 5.08. The van der Waals surface area contributed by atoms with E-state index in [-0.39, 0.29) is 44.2 Å². The molecule has 0 bridgehead atoms. The Labute approximate surface area is 187 Å². The second kappa shape index (κ2) is 8.47. The van der Waals surface area contributed by atoms with Crippen molar-refractivity contribution in [3.8, 4) is 22.6 Å². The molecular formula is C24H17F4NO3S. The highest BCUT2D eigenvalue weighted by molar-refractivity contribution is 7.91. The summed E-state index contributed by atoms with van der Waals surface area (Å²) in [6.45, 7) is 1.53. The van der Waals surface area contributed by atoms with E-state index in [2.05, 4.69) is 4.98 Å². The number of ether oxygens (including phenoxy) is 1. The summed E-state index contributed by atoms with van der Waals surface area (Å²) < 4.78 is 84.9. The van der Waals surface area contributed by atoms with Crippen molar-refractivity contribution >= 4 is 20.7 Å². The Hall–Kier alpha value is -3.46. The smallest absolute Gasteiger partial charge is 0.418 e. The van der Waals surface area contributed by atoms with Crippen LogP contribution in [0.5, 0.6) is 11.5 Å². The van der Waals surface area contributed by atoms with Crippen molar-refractivity contribution in [2.24, 2.45) is 0 Å². The van der Waals surface area contributed by atoms with Crippen LogP contribution < -0.4 is 4.74 Å². The molecule has 3 aromatic carbocycles. The van der Waals surface area contributed by atoms with Crippen molar-refractivity contribution in [1.82, 2.24) is 4.98 Å². The first-order valence-electron chi connectivity index (χ1n) is 9.85. The van der Waals surface area contributed by atoms with E-state index in [9.17, 15) is 26.0 Å². The summed E-state index contributed by atoms with van der Waals surface area (Å²) in [6.07, 6.45) is -3.42. The Morgan fingerprint density at radius 2 is 1.64 bits per heavy atom.